The fourth-order valence-electron chi connectivity index (χ4n) is 2.57. The lowest BCUT2D eigenvalue weighted by Gasteiger charge is -2.06. The number of halogens is 1. The first-order valence-electron chi connectivity index (χ1n) is 7.28. The van der Waals surface area contributed by atoms with Gasteiger partial charge in [-0.05, 0) is 36.5 Å². The van der Waals surface area contributed by atoms with E-state index in [0.29, 0.717) is 0 Å². The van der Waals surface area contributed by atoms with E-state index in [0.717, 1.165) is 45.3 Å². The second kappa shape index (κ2) is 5.08. The van der Waals surface area contributed by atoms with E-state index in [1.165, 1.54) is 12.8 Å². The van der Waals surface area contributed by atoms with Crippen LogP contribution in [0.1, 0.15) is 12.8 Å². The Bertz CT molecular complexity index is 775. The lowest BCUT2D eigenvalue weighted by Crippen LogP contribution is -2.03. The van der Waals surface area contributed by atoms with Crippen LogP contribution in [0.25, 0.3) is 22.0 Å². The van der Waals surface area contributed by atoms with Crippen LogP contribution in [0.3, 0.4) is 0 Å². The monoisotopic (exact) mass is 297 g/mol. The molecule has 21 heavy (non-hydrogen) atoms. The van der Waals surface area contributed by atoms with Gasteiger partial charge in [0.15, 0.2) is 5.82 Å². The van der Waals surface area contributed by atoms with Gasteiger partial charge in [-0.1, -0.05) is 41.9 Å². The van der Waals surface area contributed by atoms with E-state index < -0.39 is 0 Å². The normalized spacial score (nSPS) is 14.5. The van der Waals surface area contributed by atoms with Crippen LogP contribution in [0.4, 0.5) is 5.82 Å². The fraction of sp³-hybridized carbons (Fsp3) is 0.235. The number of benzene rings is 2. The molecule has 4 rings (SSSR count). The number of anilines is 1. The van der Waals surface area contributed by atoms with Crippen molar-refractivity contribution in [3.63, 3.8) is 0 Å². The highest BCUT2D eigenvalue weighted by Gasteiger charge is 2.21. The van der Waals surface area contributed by atoms with Crippen LogP contribution < -0.4 is 5.32 Å². The molecule has 1 aromatic heterocycles. The highest BCUT2D eigenvalue weighted by Crippen LogP contribution is 2.35. The Morgan fingerprint density at radius 3 is 2.76 bits per heavy atom. The molecular weight excluding hydrogens is 282 g/mol. The van der Waals surface area contributed by atoms with Crippen LogP contribution in [-0.4, -0.2) is 16.7 Å². The topological polar surface area (TPSA) is 40.7 Å². The lowest BCUT2D eigenvalue weighted by atomic mass is 10.0. The van der Waals surface area contributed by atoms with Gasteiger partial charge < -0.3 is 5.32 Å². The molecule has 1 aliphatic rings. The van der Waals surface area contributed by atoms with Crippen molar-refractivity contribution in [3.05, 3.63) is 47.5 Å². The summed E-state index contributed by atoms with van der Waals surface area (Å²) in [4.78, 5) is 0. The number of aromatic nitrogens is 2. The van der Waals surface area contributed by atoms with Gasteiger partial charge in [-0.2, -0.15) is 5.10 Å². The maximum atomic E-state index is 6.42. The van der Waals surface area contributed by atoms with E-state index >= 15 is 0 Å². The predicted molar refractivity (Wildman–Crippen MR) is 87.8 cm³/mol. The molecule has 4 heteroatoms. The summed E-state index contributed by atoms with van der Waals surface area (Å²) in [5, 5.41) is 12.7. The SMILES string of the molecule is Clc1cc2[nH]nc(NCC3CC3)c2cc1-c1ccccc1. The lowest BCUT2D eigenvalue weighted by molar-refractivity contribution is 0.881. The van der Waals surface area contributed by atoms with E-state index in [1.807, 2.05) is 24.3 Å². The maximum absolute atomic E-state index is 6.42. The minimum absolute atomic E-state index is 0.742. The third-order valence-corrected chi connectivity index (χ3v) is 4.30. The molecule has 106 valence electrons. The van der Waals surface area contributed by atoms with Crippen molar-refractivity contribution in [2.45, 2.75) is 12.8 Å². The van der Waals surface area contributed by atoms with E-state index in [1.54, 1.807) is 0 Å². The Kier molecular flexibility index (Phi) is 3.08. The molecule has 3 nitrogen and oxygen atoms in total. The molecule has 2 aromatic carbocycles. The Morgan fingerprint density at radius 1 is 1.19 bits per heavy atom. The molecule has 2 N–H and O–H groups in total. The molecule has 0 radical (unpaired) electrons. The number of nitrogens with one attached hydrogen (secondary N) is 2. The molecule has 0 spiro atoms. The molecule has 1 aliphatic carbocycles. The van der Waals surface area contributed by atoms with Crippen molar-refractivity contribution in [2.24, 2.45) is 5.92 Å². The molecule has 1 fully saturated rings. The molecule has 0 amide bonds. The van der Waals surface area contributed by atoms with Crippen LogP contribution >= 0.6 is 11.6 Å². The van der Waals surface area contributed by atoms with Crippen molar-refractivity contribution in [3.8, 4) is 11.1 Å². The van der Waals surface area contributed by atoms with Gasteiger partial charge in [-0.3, -0.25) is 5.10 Å². The summed E-state index contributed by atoms with van der Waals surface area (Å²) in [6, 6.07) is 14.3. The largest absolute Gasteiger partial charge is 0.368 e. The number of H-pyrrole nitrogens is 1. The van der Waals surface area contributed by atoms with Crippen molar-refractivity contribution in [1.82, 2.24) is 10.2 Å². The van der Waals surface area contributed by atoms with Gasteiger partial charge in [0.1, 0.15) is 0 Å². The van der Waals surface area contributed by atoms with Gasteiger partial charge in [0.05, 0.1) is 10.5 Å². The van der Waals surface area contributed by atoms with Crippen LogP contribution in [0.2, 0.25) is 5.02 Å². The summed E-state index contributed by atoms with van der Waals surface area (Å²) >= 11 is 6.42. The number of rotatable bonds is 4. The standard InChI is InChI=1S/C17H16ClN3/c18-15-9-16-14(8-13(15)12-4-2-1-3-5-12)17(21-20-16)19-10-11-6-7-11/h1-5,8-9,11H,6-7,10H2,(H2,19,20,21). The van der Waals surface area contributed by atoms with Crippen LogP contribution in [0.5, 0.6) is 0 Å². The zero-order chi connectivity index (χ0) is 14.2. The molecule has 1 heterocycles. The third kappa shape index (κ3) is 2.49. The average Bonchev–Trinajstić information content (AvgIpc) is 3.26. The fourth-order valence-corrected chi connectivity index (χ4v) is 2.85. The summed E-state index contributed by atoms with van der Waals surface area (Å²) in [5.74, 6) is 1.74. The first kappa shape index (κ1) is 12.7. The van der Waals surface area contributed by atoms with Gasteiger partial charge in [0.2, 0.25) is 0 Å². The number of fused-ring (bicyclic) bond motifs is 1. The molecule has 0 aliphatic heterocycles. The second-order valence-corrected chi connectivity index (χ2v) is 6.05. The molecule has 0 atom stereocenters. The van der Waals surface area contributed by atoms with Gasteiger partial charge in [-0.25, -0.2) is 0 Å². The van der Waals surface area contributed by atoms with E-state index in [2.05, 4.69) is 33.7 Å². The Morgan fingerprint density at radius 2 is 2.00 bits per heavy atom. The van der Waals surface area contributed by atoms with Crippen molar-refractivity contribution < 1.29 is 0 Å². The summed E-state index contributed by atoms with van der Waals surface area (Å²) in [5.41, 5.74) is 3.14. The molecule has 0 bridgehead atoms. The van der Waals surface area contributed by atoms with Crippen LogP contribution in [0.15, 0.2) is 42.5 Å². The maximum Gasteiger partial charge on any atom is 0.155 e. The minimum Gasteiger partial charge on any atom is -0.368 e. The van der Waals surface area contributed by atoms with Gasteiger partial charge in [0.25, 0.3) is 0 Å². The van der Waals surface area contributed by atoms with Gasteiger partial charge >= 0.3 is 0 Å². The molecule has 1 saturated carbocycles. The number of hydrogen-bond acceptors (Lipinski definition) is 2. The summed E-state index contributed by atoms with van der Waals surface area (Å²) in [6.45, 7) is 1.00. The van der Waals surface area contributed by atoms with Crippen molar-refractivity contribution in [2.75, 3.05) is 11.9 Å². The van der Waals surface area contributed by atoms with Crippen LogP contribution in [-0.2, 0) is 0 Å². The first-order valence-corrected chi connectivity index (χ1v) is 7.66. The third-order valence-electron chi connectivity index (χ3n) is 3.99. The van der Waals surface area contributed by atoms with E-state index in [4.69, 9.17) is 11.6 Å². The average molecular weight is 298 g/mol. The number of nitrogens with zero attached hydrogens (tertiary/aromatic N) is 1. The summed E-state index contributed by atoms with van der Waals surface area (Å²) in [7, 11) is 0. The summed E-state index contributed by atoms with van der Waals surface area (Å²) < 4.78 is 0. The Labute approximate surface area is 128 Å². The molecular formula is C17H16ClN3. The Balaban J connectivity index is 1.76. The quantitative estimate of drug-likeness (QED) is 0.732. The van der Waals surface area contributed by atoms with Gasteiger partial charge in [-0.15, -0.1) is 0 Å². The number of hydrogen-bond donors (Lipinski definition) is 2. The highest BCUT2D eigenvalue weighted by atomic mass is 35.5. The van der Waals surface area contributed by atoms with Gasteiger partial charge in [0, 0.05) is 17.5 Å². The molecule has 0 unspecified atom stereocenters. The van der Waals surface area contributed by atoms with Crippen molar-refractivity contribution >= 4 is 28.3 Å². The Hall–Kier alpha value is -2.00. The summed E-state index contributed by atoms with van der Waals surface area (Å²) in [6.07, 6.45) is 2.66. The smallest absolute Gasteiger partial charge is 0.155 e. The number of aromatic amines is 1. The van der Waals surface area contributed by atoms with Crippen LogP contribution in [0, 0.1) is 5.92 Å². The van der Waals surface area contributed by atoms with E-state index in [-0.39, 0.29) is 0 Å². The van der Waals surface area contributed by atoms with E-state index in [9.17, 15) is 0 Å². The van der Waals surface area contributed by atoms with Crippen molar-refractivity contribution in [1.29, 1.82) is 0 Å². The highest BCUT2D eigenvalue weighted by molar-refractivity contribution is 6.34. The molecule has 3 aromatic rings. The second-order valence-electron chi connectivity index (χ2n) is 5.64. The minimum atomic E-state index is 0.742. The first-order chi connectivity index (χ1) is 10.3. The zero-order valence-corrected chi connectivity index (χ0v) is 12.3. The zero-order valence-electron chi connectivity index (χ0n) is 11.6. The predicted octanol–water partition coefficient (Wildman–Crippen LogP) is 4.71. The molecule has 0 saturated heterocycles.